The quantitative estimate of drug-likeness (QED) is 0.701. The Morgan fingerprint density at radius 2 is 1.77 bits per heavy atom. The molecule has 1 aliphatic rings. The van der Waals surface area contributed by atoms with Gasteiger partial charge in [-0.3, -0.25) is 0 Å². The zero-order chi connectivity index (χ0) is 9.68. The number of likely N-dealkylation sites (tertiary alicyclic amines) is 1. The fourth-order valence-corrected chi connectivity index (χ4v) is 2.01. The molecule has 2 nitrogen and oxygen atoms in total. The van der Waals surface area contributed by atoms with Crippen molar-refractivity contribution in [2.45, 2.75) is 52.1 Å². The van der Waals surface area contributed by atoms with Crippen LogP contribution in [0.3, 0.4) is 0 Å². The third kappa shape index (κ3) is 4.10. The maximum absolute atomic E-state index is 3.61. The van der Waals surface area contributed by atoms with E-state index in [1.54, 1.807) is 0 Å². The molecule has 1 rings (SSSR count). The van der Waals surface area contributed by atoms with Crippen molar-refractivity contribution in [2.75, 3.05) is 19.6 Å². The molecule has 2 unspecified atom stereocenters. The van der Waals surface area contributed by atoms with Crippen LogP contribution < -0.4 is 5.32 Å². The molecule has 1 heterocycles. The number of hydrogen-bond donors (Lipinski definition) is 1. The lowest BCUT2D eigenvalue weighted by molar-refractivity contribution is 0.287. The van der Waals surface area contributed by atoms with E-state index < -0.39 is 0 Å². The SMILES string of the molecule is CCC(C)NC(C)CN1CCCC1. The molecule has 0 amide bonds. The molecule has 1 fully saturated rings. The van der Waals surface area contributed by atoms with Crippen LogP contribution in [0.5, 0.6) is 0 Å². The molecule has 0 aromatic carbocycles. The largest absolute Gasteiger partial charge is 0.311 e. The summed E-state index contributed by atoms with van der Waals surface area (Å²) < 4.78 is 0. The van der Waals surface area contributed by atoms with E-state index in [1.165, 1.54) is 38.9 Å². The zero-order valence-electron chi connectivity index (χ0n) is 9.34. The van der Waals surface area contributed by atoms with Gasteiger partial charge in [-0.1, -0.05) is 6.92 Å². The standard InChI is InChI=1S/C11H24N2/c1-4-10(2)12-11(3)9-13-7-5-6-8-13/h10-12H,4-9H2,1-3H3. The van der Waals surface area contributed by atoms with Gasteiger partial charge in [0.1, 0.15) is 0 Å². The van der Waals surface area contributed by atoms with E-state index in [0.717, 1.165) is 0 Å². The maximum atomic E-state index is 3.61. The molecule has 13 heavy (non-hydrogen) atoms. The van der Waals surface area contributed by atoms with Crippen LogP contribution in [-0.4, -0.2) is 36.6 Å². The molecule has 1 saturated heterocycles. The Hall–Kier alpha value is -0.0800. The fourth-order valence-electron chi connectivity index (χ4n) is 2.01. The summed E-state index contributed by atoms with van der Waals surface area (Å²) >= 11 is 0. The first-order chi connectivity index (χ1) is 6.22. The normalized spacial score (nSPS) is 23.3. The molecule has 0 saturated carbocycles. The van der Waals surface area contributed by atoms with Gasteiger partial charge >= 0.3 is 0 Å². The predicted octanol–water partition coefficient (Wildman–Crippen LogP) is 1.86. The van der Waals surface area contributed by atoms with Gasteiger partial charge in [0, 0.05) is 18.6 Å². The van der Waals surface area contributed by atoms with Crippen molar-refractivity contribution in [2.24, 2.45) is 0 Å². The van der Waals surface area contributed by atoms with Crippen molar-refractivity contribution < 1.29 is 0 Å². The van der Waals surface area contributed by atoms with Crippen molar-refractivity contribution in [3.63, 3.8) is 0 Å². The van der Waals surface area contributed by atoms with Crippen LogP contribution in [0.25, 0.3) is 0 Å². The molecule has 2 atom stereocenters. The highest BCUT2D eigenvalue weighted by Gasteiger charge is 2.14. The number of nitrogens with zero attached hydrogens (tertiary/aromatic N) is 1. The molecular formula is C11H24N2. The molecular weight excluding hydrogens is 160 g/mol. The van der Waals surface area contributed by atoms with Crippen molar-refractivity contribution in [1.29, 1.82) is 0 Å². The van der Waals surface area contributed by atoms with Gasteiger partial charge in [0.15, 0.2) is 0 Å². The number of hydrogen-bond acceptors (Lipinski definition) is 2. The summed E-state index contributed by atoms with van der Waals surface area (Å²) in [5.74, 6) is 0. The first-order valence-corrected chi connectivity index (χ1v) is 5.70. The summed E-state index contributed by atoms with van der Waals surface area (Å²) in [6.07, 6.45) is 4.02. The molecule has 0 bridgehead atoms. The van der Waals surface area contributed by atoms with E-state index >= 15 is 0 Å². The summed E-state index contributed by atoms with van der Waals surface area (Å²) in [5.41, 5.74) is 0. The summed E-state index contributed by atoms with van der Waals surface area (Å²) in [6, 6.07) is 1.31. The molecule has 0 spiro atoms. The summed E-state index contributed by atoms with van der Waals surface area (Å²) in [6.45, 7) is 10.6. The minimum atomic E-state index is 0.646. The smallest absolute Gasteiger partial charge is 0.0169 e. The lowest BCUT2D eigenvalue weighted by Crippen LogP contribution is -2.41. The minimum Gasteiger partial charge on any atom is -0.311 e. The van der Waals surface area contributed by atoms with Gasteiger partial charge in [0.05, 0.1) is 0 Å². The second-order valence-electron chi connectivity index (χ2n) is 4.38. The maximum Gasteiger partial charge on any atom is 0.0169 e. The van der Waals surface area contributed by atoms with Gasteiger partial charge in [-0.05, 0) is 46.2 Å². The molecule has 0 aliphatic carbocycles. The highest BCUT2D eigenvalue weighted by molar-refractivity contribution is 4.74. The van der Waals surface area contributed by atoms with Gasteiger partial charge in [0.25, 0.3) is 0 Å². The van der Waals surface area contributed by atoms with Crippen molar-refractivity contribution in [3.05, 3.63) is 0 Å². The zero-order valence-corrected chi connectivity index (χ0v) is 9.34. The van der Waals surface area contributed by atoms with Crippen molar-refractivity contribution in [1.82, 2.24) is 10.2 Å². The lowest BCUT2D eigenvalue weighted by Gasteiger charge is -2.24. The Labute approximate surface area is 82.7 Å². The summed E-state index contributed by atoms with van der Waals surface area (Å²) in [5, 5.41) is 3.61. The topological polar surface area (TPSA) is 15.3 Å². The van der Waals surface area contributed by atoms with Crippen molar-refractivity contribution >= 4 is 0 Å². The average Bonchev–Trinajstić information content (AvgIpc) is 2.56. The van der Waals surface area contributed by atoms with E-state index in [1.807, 2.05) is 0 Å². The van der Waals surface area contributed by atoms with Crippen LogP contribution in [0, 0.1) is 0 Å². The lowest BCUT2D eigenvalue weighted by atomic mass is 10.2. The van der Waals surface area contributed by atoms with Gasteiger partial charge in [-0.25, -0.2) is 0 Å². The highest BCUT2D eigenvalue weighted by Crippen LogP contribution is 2.07. The Kier molecular flexibility index (Phi) is 4.74. The number of rotatable bonds is 5. The van der Waals surface area contributed by atoms with Gasteiger partial charge < -0.3 is 10.2 Å². The molecule has 0 aromatic heterocycles. The van der Waals surface area contributed by atoms with Gasteiger partial charge in [0.2, 0.25) is 0 Å². The third-order valence-corrected chi connectivity index (χ3v) is 2.91. The van der Waals surface area contributed by atoms with E-state index in [9.17, 15) is 0 Å². The van der Waals surface area contributed by atoms with E-state index in [2.05, 4.69) is 31.0 Å². The monoisotopic (exact) mass is 184 g/mol. The molecule has 78 valence electrons. The highest BCUT2D eigenvalue weighted by atomic mass is 15.2. The Morgan fingerprint density at radius 3 is 2.31 bits per heavy atom. The van der Waals surface area contributed by atoms with Crippen molar-refractivity contribution in [3.8, 4) is 0 Å². The summed E-state index contributed by atoms with van der Waals surface area (Å²) in [4.78, 5) is 2.57. The molecule has 0 radical (unpaired) electrons. The Bertz CT molecular complexity index is 130. The number of nitrogens with one attached hydrogen (secondary N) is 1. The second-order valence-corrected chi connectivity index (χ2v) is 4.38. The molecule has 2 heteroatoms. The van der Waals surface area contributed by atoms with Crippen LogP contribution >= 0.6 is 0 Å². The van der Waals surface area contributed by atoms with Crippen LogP contribution in [-0.2, 0) is 0 Å². The third-order valence-electron chi connectivity index (χ3n) is 2.91. The van der Waals surface area contributed by atoms with Crippen LogP contribution in [0.2, 0.25) is 0 Å². The second kappa shape index (κ2) is 5.61. The fraction of sp³-hybridized carbons (Fsp3) is 1.00. The predicted molar refractivity (Wildman–Crippen MR) is 58.0 cm³/mol. The van der Waals surface area contributed by atoms with Crippen LogP contribution in [0.4, 0.5) is 0 Å². The summed E-state index contributed by atoms with van der Waals surface area (Å²) in [7, 11) is 0. The van der Waals surface area contributed by atoms with E-state index in [-0.39, 0.29) is 0 Å². The first kappa shape index (κ1) is 11.0. The molecule has 0 aromatic rings. The van der Waals surface area contributed by atoms with E-state index in [0.29, 0.717) is 12.1 Å². The molecule has 1 N–H and O–H groups in total. The average molecular weight is 184 g/mol. The van der Waals surface area contributed by atoms with Crippen LogP contribution in [0.1, 0.15) is 40.0 Å². The van der Waals surface area contributed by atoms with E-state index in [4.69, 9.17) is 0 Å². The molecule has 1 aliphatic heterocycles. The Morgan fingerprint density at radius 1 is 1.15 bits per heavy atom. The minimum absolute atomic E-state index is 0.646. The van der Waals surface area contributed by atoms with Gasteiger partial charge in [-0.2, -0.15) is 0 Å². The first-order valence-electron chi connectivity index (χ1n) is 5.70. The van der Waals surface area contributed by atoms with Crippen LogP contribution in [0.15, 0.2) is 0 Å². The van der Waals surface area contributed by atoms with Gasteiger partial charge in [-0.15, -0.1) is 0 Å². The Balaban J connectivity index is 2.12.